The van der Waals surface area contributed by atoms with Crippen molar-refractivity contribution in [3.63, 3.8) is 0 Å². The summed E-state index contributed by atoms with van der Waals surface area (Å²) in [6.07, 6.45) is 10.9. The first kappa shape index (κ1) is 26.4. The average Bonchev–Trinajstić information content (AvgIpc) is 3.25. The summed E-state index contributed by atoms with van der Waals surface area (Å²) in [5, 5.41) is 9.23. The zero-order valence-electron chi connectivity index (χ0n) is 22.0. The summed E-state index contributed by atoms with van der Waals surface area (Å²) in [7, 11) is 1.58. The average molecular weight is 525 g/mol. The lowest BCUT2D eigenvalue weighted by molar-refractivity contribution is -0.158. The van der Waals surface area contributed by atoms with Crippen LogP contribution in [-0.2, 0) is 23.9 Å². The molecule has 0 radical (unpaired) electrons. The van der Waals surface area contributed by atoms with Gasteiger partial charge in [0.25, 0.3) is 5.91 Å². The minimum absolute atomic E-state index is 0.0680. The molecule has 1 N–H and O–H groups in total. The molecular weight excluding hydrogens is 488 g/mol. The highest BCUT2D eigenvalue weighted by Crippen LogP contribution is 2.57. The van der Waals surface area contributed by atoms with Gasteiger partial charge in [-0.1, -0.05) is 24.3 Å². The topological polar surface area (TPSA) is 106 Å². The fraction of sp³-hybridized carbons (Fsp3) is 0.552. The van der Waals surface area contributed by atoms with Crippen LogP contribution in [0.15, 0.2) is 48.6 Å². The van der Waals surface area contributed by atoms with E-state index in [0.29, 0.717) is 50.2 Å². The number of likely N-dealkylation sites (tertiary alicyclic amines) is 1. The number of amides is 2. The second-order valence-corrected chi connectivity index (χ2v) is 10.6. The number of cyclic esters (lactones) is 1. The Morgan fingerprint density at radius 1 is 1.03 bits per heavy atom. The van der Waals surface area contributed by atoms with E-state index in [-0.39, 0.29) is 25.0 Å². The maximum atomic E-state index is 14.4. The molecule has 2 fully saturated rings. The summed E-state index contributed by atoms with van der Waals surface area (Å²) >= 11 is 0. The number of hydrogen-bond donors (Lipinski definition) is 1. The van der Waals surface area contributed by atoms with Crippen LogP contribution in [0.1, 0.15) is 39.0 Å². The molecule has 2 saturated heterocycles. The van der Waals surface area contributed by atoms with Crippen LogP contribution >= 0.6 is 0 Å². The fourth-order valence-corrected chi connectivity index (χ4v) is 6.44. The summed E-state index contributed by atoms with van der Waals surface area (Å²) in [6, 6.07) is 6.28. The smallest absolute Gasteiger partial charge is 0.313 e. The highest BCUT2D eigenvalue weighted by atomic mass is 16.6. The molecule has 1 aromatic rings. The number of hydrogen-bond acceptors (Lipinski definition) is 7. The molecule has 38 heavy (non-hydrogen) atoms. The van der Waals surface area contributed by atoms with E-state index in [2.05, 4.69) is 0 Å². The van der Waals surface area contributed by atoms with Crippen molar-refractivity contribution in [2.24, 2.45) is 11.8 Å². The number of nitrogens with zero attached hydrogens (tertiary/aromatic N) is 2. The first-order valence-electron chi connectivity index (χ1n) is 13.5. The zero-order chi connectivity index (χ0) is 26.9. The number of allylic oxidation sites excluding steroid dienone is 1. The number of carbonyl (C=O) groups is 3. The Balaban J connectivity index is 1.58. The number of unbranched alkanes of at least 4 members (excludes halogenated alkanes) is 2. The molecule has 1 unspecified atom stereocenters. The summed E-state index contributed by atoms with van der Waals surface area (Å²) in [5.41, 5.74) is -1.73. The van der Waals surface area contributed by atoms with Crippen LogP contribution < -0.4 is 9.64 Å². The number of benzene rings is 1. The van der Waals surface area contributed by atoms with Crippen LogP contribution in [0.25, 0.3) is 0 Å². The molecule has 4 aliphatic heterocycles. The van der Waals surface area contributed by atoms with Crippen LogP contribution in [0.5, 0.6) is 5.75 Å². The van der Waals surface area contributed by atoms with Gasteiger partial charge >= 0.3 is 5.97 Å². The molecule has 1 spiro atoms. The van der Waals surface area contributed by atoms with Gasteiger partial charge in [-0.05, 0) is 63.3 Å². The summed E-state index contributed by atoms with van der Waals surface area (Å²) in [5.74, 6) is -2.08. The third-order valence-electron chi connectivity index (χ3n) is 8.19. The predicted molar refractivity (Wildman–Crippen MR) is 139 cm³/mol. The van der Waals surface area contributed by atoms with Crippen molar-refractivity contribution >= 4 is 23.5 Å². The number of carbonyl (C=O) groups excluding carboxylic acids is 3. The van der Waals surface area contributed by atoms with Crippen LogP contribution in [0, 0.1) is 11.8 Å². The molecule has 2 amide bonds. The molecule has 0 aliphatic carbocycles. The summed E-state index contributed by atoms with van der Waals surface area (Å²) < 4.78 is 17.7. The quantitative estimate of drug-likeness (QED) is 0.332. The minimum atomic E-state index is -1.31. The minimum Gasteiger partial charge on any atom is -0.497 e. The van der Waals surface area contributed by atoms with E-state index >= 15 is 0 Å². The highest BCUT2D eigenvalue weighted by molar-refractivity contribution is 6.05. The molecule has 5 atom stereocenters. The van der Waals surface area contributed by atoms with Crippen LogP contribution in [0.4, 0.5) is 5.69 Å². The SMILES string of the molecule is COc1ccc(N2CC=C[C@]34O[C@@]5(C)/C=C\CCCOC(=O)[C@H]5[C@H]3C(=O)N(CCCCCO)C4C2=O)cc1. The van der Waals surface area contributed by atoms with Gasteiger partial charge in [-0.2, -0.15) is 0 Å². The molecule has 204 valence electrons. The van der Waals surface area contributed by atoms with Crippen LogP contribution in [0.3, 0.4) is 0 Å². The van der Waals surface area contributed by atoms with Gasteiger partial charge in [-0.3, -0.25) is 14.4 Å². The first-order chi connectivity index (χ1) is 18.4. The predicted octanol–water partition coefficient (Wildman–Crippen LogP) is 2.62. The van der Waals surface area contributed by atoms with E-state index in [0.717, 1.165) is 6.42 Å². The van der Waals surface area contributed by atoms with Crippen molar-refractivity contribution in [1.82, 2.24) is 4.90 Å². The largest absolute Gasteiger partial charge is 0.497 e. The number of aliphatic hydroxyl groups excluding tert-OH is 1. The Bertz CT molecular complexity index is 1130. The van der Waals surface area contributed by atoms with Crippen molar-refractivity contribution in [3.8, 4) is 5.75 Å². The van der Waals surface area contributed by atoms with E-state index in [4.69, 9.17) is 14.2 Å². The second-order valence-electron chi connectivity index (χ2n) is 10.6. The number of fused-ring (bicyclic) bond motifs is 2. The maximum Gasteiger partial charge on any atom is 0.313 e. The van der Waals surface area contributed by atoms with Gasteiger partial charge in [-0.25, -0.2) is 0 Å². The van der Waals surface area contributed by atoms with E-state index in [9.17, 15) is 19.5 Å². The molecule has 4 heterocycles. The van der Waals surface area contributed by atoms with Crippen LogP contribution in [-0.4, -0.2) is 78.4 Å². The molecule has 9 nitrogen and oxygen atoms in total. The number of esters is 1. The van der Waals surface area contributed by atoms with Gasteiger partial charge in [0.2, 0.25) is 5.91 Å². The Morgan fingerprint density at radius 3 is 2.55 bits per heavy atom. The van der Waals surface area contributed by atoms with Gasteiger partial charge in [-0.15, -0.1) is 0 Å². The molecule has 0 bridgehead atoms. The number of anilines is 1. The van der Waals surface area contributed by atoms with Crippen molar-refractivity contribution in [3.05, 3.63) is 48.6 Å². The van der Waals surface area contributed by atoms with Gasteiger partial charge in [0.15, 0.2) is 0 Å². The third kappa shape index (κ3) is 4.31. The normalized spacial score (nSPS) is 33.4. The fourth-order valence-electron chi connectivity index (χ4n) is 6.44. The van der Waals surface area contributed by atoms with Crippen molar-refractivity contribution in [2.75, 3.05) is 38.3 Å². The Kier molecular flexibility index (Phi) is 7.33. The van der Waals surface area contributed by atoms with Gasteiger partial charge in [0, 0.05) is 25.4 Å². The van der Waals surface area contributed by atoms with E-state index < -0.39 is 35.0 Å². The van der Waals surface area contributed by atoms with Gasteiger partial charge in [0.05, 0.1) is 25.2 Å². The Hall–Kier alpha value is -3.17. The lowest BCUT2D eigenvalue weighted by Gasteiger charge is -2.37. The monoisotopic (exact) mass is 524 g/mol. The Labute approximate surface area is 223 Å². The summed E-state index contributed by atoms with van der Waals surface area (Å²) in [6.45, 7) is 2.79. The van der Waals surface area contributed by atoms with E-state index in [1.165, 1.54) is 0 Å². The number of rotatable bonds is 7. The number of ether oxygens (including phenoxy) is 3. The lowest BCUT2D eigenvalue weighted by atomic mass is 9.74. The number of methoxy groups -OCH3 is 1. The molecule has 0 aromatic heterocycles. The molecule has 5 rings (SSSR count). The van der Waals surface area contributed by atoms with Gasteiger partial charge < -0.3 is 29.1 Å². The Morgan fingerprint density at radius 2 is 1.82 bits per heavy atom. The van der Waals surface area contributed by atoms with Crippen molar-refractivity contribution in [1.29, 1.82) is 0 Å². The number of aliphatic hydroxyl groups is 1. The molecule has 1 aromatic carbocycles. The highest BCUT2D eigenvalue weighted by Gasteiger charge is 2.74. The van der Waals surface area contributed by atoms with E-state index in [1.54, 1.807) is 29.0 Å². The molecule has 0 saturated carbocycles. The first-order valence-corrected chi connectivity index (χ1v) is 13.5. The lowest BCUT2D eigenvalue weighted by Crippen LogP contribution is -2.56. The zero-order valence-corrected chi connectivity index (χ0v) is 22.0. The van der Waals surface area contributed by atoms with E-state index in [1.807, 2.05) is 43.4 Å². The molecular formula is C29H36N2O7. The van der Waals surface area contributed by atoms with Crippen molar-refractivity contribution < 1.29 is 33.7 Å². The standard InChI is InChI=1S/C29H36N2O7/c1-28-14-5-3-8-19-37-27(35)23(28)22-25(33)31(16-6-4-7-18-32)24-26(34)30(17-9-15-29(22,24)38-28)20-10-12-21(36-2)13-11-20/h5,9-15,22-24,32H,3-4,6-8,16-19H2,1-2H3/b14-5-/t22-,23+,24?,28-,29-/m0/s1. The molecule has 9 heteroatoms. The van der Waals surface area contributed by atoms with Crippen LogP contribution in [0.2, 0.25) is 0 Å². The van der Waals surface area contributed by atoms with Crippen molar-refractivity contribution in [2.45, 2.75) is 56.3 Å². The summed E-state index contributed by atoms with van der Waals surface area (Å²) in [4.78, 5) is 45.2. The maximum absolute atomic E-state index is 14.4. The third-order valence-corrected chi connectivity index (χ3v) is 8.19. The second kappa shape index (κ2) is 10.5. The van der Waals surface area contributed by atoms with Gasteiger partial charge in [0.1, 0.15) is 23.3 Å². The molecule has 4 aliphatic rings.